The number of esters is 1. The average Bonchev–Trinajstić information content (AvgIpc) is 3.03. The van der Waals surface area contributed by atoms with Gasteiger partial charge in [0.05, 0.1) is 0 Å². The Morgan fingerprint density at radius 3 is 2.23 bits per heavy atom. The van der Waals surface area contributed by atoms with E-state index < -0.39 is 18.0 Å². The molecule has 0 aliphatic heterocycles. The van der Waals surface area contributed by atoms with Crippen LogP contribution in [0.25, 0.3) is 11.1 Å². The molecule has 2 N–H and O–H groups in total. The minimum atomic E-state index is -1.02. The summed E-state index contributed by atoms with van der Waals surface area (Å²) in [5.74, 6) is -1.26. The minimum absolute atomic E-state index is 0.136. The van der Waals surface area contributed by atoms with E-state index in [1.165, 1.54) is 13.8 Å². The number of H-pyrrole nitrogens is 1. The number of hydrogen-bond donors (Lipinski definition) is 2. The third-order valence-corrected chi connectivity index (χ3v) is 4.92. The topological polar surface area (TPSA) is 88.3 Å². The summed E-state index contributed by atoms with van der Waals surface area (Å²) in [6, 6.07) is 17.1. The Labute approximate surface area is 175 Å². The molecule has 0 aliphatic carbocycles. The number of benzene rings is 2. The SMILES string of the molecule is CC(=O)c1c(C)[nH]c(C(=O)O[C@H](C)C(=O)Nc2ccccc2-c2ccccc2)c1C. The highest BCUT2D eigenvalue weighted by Crippen LogP contribution is 2.28. The van der Waals surface area contributed by atoms with Crippen LogP contribution in [0.5, 0.6) is 0 Å². The second-order valence-corrected chi connectivity index (χ2v) is 7.13. The summed E-state index contributed by atoms with van der Waals surface area (Å²) >= 11 is 0. The van der Waals surface area contributed by atoms with Crippen LogP contribution in [-0.4, -0.2) is 28.7 Å². The van der Waals surface area contributed by atoms with Crippen LogP contribution in [0.4, 0.5) is 5.69 Å². The van der Waals surface area contributed by atoms with Gasteiger partial charge in [-0.05, 0) is 44.9 Å². The third kappa shape index (κ3) is 4.33. The average molecular weight is 404 g/mol. The van der Waals surface area contributed by atoms with Crippen LogP contribution in [0, 0.1) is 13.8 Å². The van der Waals surface area contributed by atoms with Gasteiger partial charge in [-0.2, -0.15) is 0 Å². The number of anilines is 1. The third-order valence-electron chi connectivity index (χ3n) is 4.92. The van der Waals surface area contributed by atoms with Crippen LogP contribution in [0.15, 0.2) is 54.6 Å². The molecule has 1 aromatic heterocycles. The number of hydrogen-bond acceptors (Lipinski definition) is 4. The van der Waals surface area contributed by atoms with E-state index in [2.05, 4.69) is 10.3 Å². The van der Waals surface area contributed by atoms with Crippen molar-refractivity contribution in [2.75, 3.05) is 5.32 Å². The summed E-state index contributed by atoms with van der Waals surface area (Å²) in [6.45, 7) is 6.35. The van der Waals surface area contributed by atoms with E-state index >= 15 is 0 Å². The van der Waals surface area contributed by atoms with E-state index in [9.17, 15) is 14.4 Å². The molecule has 30 heavy (non-hydrogen) atoms. The van der Waals surface area contributed by atoms with Crippen molar-refractivity contribution >= 4 is 23.3 Å². The van der Waals surface area contributed by atoms with Crippen LogP contribution in [0.1, 0.15) is 46.0 Å². The second kappa shape index (κ2) is 8.78. The summed E-state index contributed by atoms with van der Waals surface area (Å²) in [7, 11) is 0. The zero-order valence-electron chi connectivity index (χ0n) is 17.4. The quantitative estimate of drug-likeness (QED) is 0.461. The molecule has 6 heteroatoms. The van der Waals surface area contributed by atoms with Crippen molar-refractivity contribution < 1.29 is 19.1 Å². The number of carbonyl (C=O) groups is 3. The van der Waals surface area contributed by atoms with Crippen molar-refractivity contribution in [2.45, 2.75) is 33.8 Å². The largest absolute Gasteiger partial charge is 0.448 e. The van der Waals surface area contributed by atoms with Gasteiger partial charge in [0.25, 0.3) is 5.91 Å². The highest BCUT2D eigenvalue weighted by molar-refractivity contribution is 6.02. The zero-order valence-corrected chi connectivity index (χ0v) is 17.4. The first kappa shape index (κ1) is 21.0. The summed E-state index contributed by atoms with van der Waals surface area (Å²) in [6.07, 6.45) is -1.02. The van der Waals surface area contributed by atoms with Crippen LogP contribution in [-0.2, 0) is 9.53 Å². The fraction of sp³-hybridized carbons (Fsp3) is 0.208. The van der Waals surface area contributed by atoms with Crippen LogP contribution < -0.4 is 5.32 Å². The van der Waals surface area contributed by atoms with Gasteiger partial charge in [0.1, 0.15) is 5.69 Å². The van der Waals surface area contributed by atoms with Crippen LogP contribution >= 0.6 is 0 Å². The van der Waals surface area contributed by atoms with Crippen molar-refractivity contribution in [1.29, 1.82) is 0 Å². The Kier molecular flexibility index (Phi) is 6.16. The minimum Gasteiger partial charge on any atom is -0.448 e. The molecule has 2 aromatic carbocycles. The van der Waals surface area contributed by atoms with Gasteiger partial charge < -0.3 is 15.0 Å². The van der Waals surface area contributed by atoms with Crippen molar-refractivity contribution in [3.05, 3.63) is 77.1 Å². The maximum absolute atomic E-state index is 12.7. The first-order valence-electron chi connectivity index (χ1n) is 9.66. The summed E-state index contributed by atoms with van der Waals surface area (Å²) < 4.78 is 5.35. The molecule has 6 nitrogen and oxygen atoms in total. The van der Waals surface area contributed by atoms with Crippen molar-refractivity contribution in [3.8, 4) is 11.1 Å². The molecule has 154 valence electrons. The maximum Gasteiger partial charge on any atom is 0.355 e. The molecule has 0 radical (unpaired) electrons. The predicted octanol–water partition coefficient (Wildman–Crippen LogP) is 4.69. The van der Waals surface area contributed by atoms with Crippen molar-refractivity contribution in [2.24, 2.45) is 0 Å². The molecule has 0 saturated carbocycles. The maximum atomic E-state index is 12.7. The molecule has 1 atom stereocenters. The molecule has 3 aromatic rings. The van der Waals surface area contributed by atoms with Gasteiger partial charge in [0, 0.05) is 22.5 Å². The molecule has 1 amide bonds. The fourth-order valence-corrected chi connectivity index (χ4v) is 3.45. The summed E-state index contributed by atoms with van der Waals surface area (Å²) in [5.41, 5.74) is 4.23. The Morgan fingerprint density at radius 1 is 0.967 bits per heavy atom. The van der Waals surface area contributed by atoms with E-state index in [4.69, 9.17) is 4.74 Å². The highest BCUT2D eigenvalue weighted by Gasteiger charge is 2.25. The Bertz CT molecular complexity index is 1100. The fourth-order valence-electron chi connectivity index (χ4n) is 3.45. The standard InChI is InChI=1S/C24H24N2O4/c1-14-21(16(3)27)15(2)25-22(14)24(29)30-17(4)23(28)26-20-13-9-8-12-19(20)18-10-6-5-7-11-18/h5-13,17,25H,1-4H3,(H,26,28)/t17-/m1/s1. The molecule has 0 unspecified atom stereocenters. The van der Waals surface area contributed by atoms with Gasteiger partial charge in [0.15, 0.2) is 11.9 Å². The highest BCUT2D eigenvalue weighted by atomic mass is 16.5. The first-order valence-corrected chi connectivity index (χ1v) is 9.66. The first-order chi connectivity index (χ1) is 14.3. The molecule has 0 saturated heterocycles. The molecule has 3 rings (SSSR count). The number of amides is 1. The number of ether oxygens (including phenoxy) is 1. The van der Waals surface area contributed by atoms with E-state index in [0.29, 0.717) is 22.5 Å². The van der Waals surface area contributed by atoms with E-state index in [0.717, 1.165) is 11.1 Å². The molecule has 0 aliphatic rings. The zero-order chi connectivity index (χ0) is 21.8. The van der Waals surface area contributed by atoms with Crippen LogP contribution in [0.2, 0.25) is 0 Å². The molecule has 1 heterocycles. The number of carbonyl (C=O) groups excluding carboxylic acids is 3. The number of ketones is 1. The van der Waals surface area contributed by atoms with Crippen molar-refractivity contribution in [1.82, 2.24) is 4.98 Å². The van der Waals surface area contributed by atoms with Crippen LogP contribution in [0.3, 0.4) is 0 Å². The lowest BCUT2D eigenvalue weighted by molar-refractivity contribution is -0.123. The van der Waals surface area contributed by atoms with Gasteiger partial charge in [-0.15, -0.1) is 0 Å². The second-order valence-electron chi connectivity index (χ2n) is 7.13. The molecule has 0 bridgehead atoms. The molecule has 0 spiro atoms. The monoisotopic (exact) mass is 404 g/mol. The number of aryl methyl sites for hydroxylation is 1. The van der Waals surface area contributed by atoms with Gasteiger partial charge >= 0.3 is 5.97 Å². The number of para-hydroxylation sites is 1. The van der Waals surface area contributed by atoms with E-state index in [-0.39, 0.29) is 11.5 Å². The predicted molar refractivity (Wildman–Crippen MR) is 116 cm³/mol. The Hall–Kier alpha value is -3.67. The van der Waals surface area contributed by atoms with E-state index in [1.807, 2.05) is 48.5 Å². The number of nitrogens with one attached hydrogen (secondary N) is 2. The normalized spacial score (nSPS) is 11.6. The lowest BCUT2D eigenvalue weighted by atomic mass is 10.0. The van der Waals surface area contributed by atoms with E-state index in [1.54, 1.807) is 19.9 Å². The van der Waals surface area contributed by atoms with Gasteiger partial charge in [0.2, 0.25) is 0 Å². The number of rotatable bonds is 6. The Morgan fingerprint density at radius 2 is 1.60 bits per heavy atom. The molecular formula is C24H24N2O4. The molecular weight excluding hydrogens is 380 g/mol. The van der Waals surface area contributed by atoms with Gasteiger partial charge in [-0.3, -0.25) is 9.59 Å². The number of Topliss-reactive ketones (excluding diaryl/α,β-unsaturated/α-hetero) is 1. The van der Waals surface area contributed by atoms with Crippen molar-refractivity contribution in [3.63, 3.8) is 0 Å². The van der Waals surface area contributed by atoms with Gasteiger partial charge in [-0.1, -0.05) is 48.5 Å². The molecule has 0 fully saturated rings. The lowest BCUT2D eigenvalue weighted by Crippen LogP contribution is -2.30. The summed E-state index contributed by atoms with van der Waals surface area (Å²) in [5, 5.41) is 2.83. The Balaban J connectivity index is 1.75. The lowest BCUT2D eigenvalue weighted by Gasteiger charge is -2.16. The summed E-state index contributed by atoms with van der Waals surface area (Å²) in [4.78, 5) is 39.9. The number of aromatic amines is 1. The number of aromatic nitrogens is 1. The van der Waals surface area contributed by atoms with Gasteiger partial charge in [-0.25, -0.2) is 4.79 Å². The smallest absolute Gasteiger partial charge is 0.355 e.